The summed E-state index contributed by atoms with van der Waals surface area (Å²) in [6.07, 6.45) is 3.43. The molecule has 0 aliphatic heterocycles. The second-order valence-electron chi connectivity index (χ2n) is 4.15. The molecule has 1 aromatic heterocycles. The lowest BCUT2D eigenvalue weighted by atomic mass is 9.98. The van der Waals surface area contributed by atoms with E-state index in [9.17, 15) is 9.50 Å². The van der Waals surface area contributed by atoms with Crippen molar-refractivity contribution in [3.63, 3.8) is 0 Å². The molecule has 0 aliphatic rings. The van der Waals surface area contributed by atoms with Gasteiger partial charge in [0.05, 0.1) is 0 Å². The second-order valence-corrected chi connectivity index (χ2v) is 4.15. The number of halogens is 1. The molecule has 84 valence electrons. The Morgan fingerprint density at radius 2 is 2.06 bits per heavy atom. The predicted molar refractivity (Wildman–Crippen MR) is 61.9 cm³/mol. The third-order valence-corrected chi connectivity index (χ3v) is 2.65. The molecule has 1 aromatic carbocycles. The third kappa shape index (κ3) is 1.81. The summed E-state index contributed by atoms with van der Waals surface area (Å²) >= 11 is 0. The molecule has 2 N–H and O–H groups in total. The zero-order valence-corrected chi connectivity index (χ0v) is 9.29. The molecule has 2 aromatic rings. The van der Waals surface area contributed by atoms with Gasteiger partial charge in [-0.25, -0.2) is 4.39 Å². The van der Waals surface area contributed by atoms with Crippen LogP contribution in [0.2, 0.25) is 0 Å². The van der Waals surface area contributed by atoms with Crippen LogP contribution in [-0.2, 0) is 0 Å². The minimum absolute atomic E-state index is 0.106. The van der Waals surface area contributed by atoms with Crippen LogP contribution in [0.5, 0.6) is 5.75 Å². The largest absolute Gasteiger partial charge is 0.508 e. The Bertz CT molecular complexity index is 489. The maximum atomic E-state index is 13.8. The van der Waals surface area contributed by atoms with E-state index < -0.39 is 0 Å². The van der Waals surface area contributed by atoms with Gasteiger partial charge in [0, 0.05) is 23.5 Å². The van der Waals surface area contributed by atoms with Gasteiger partial charge in [0.1, 0.15) is 11.6 Å². The highest BCUT2D eigenvalue weighted by atomic mass is 19.1. The van der Waals surface area contributed by atoms with Gasteiger partial charge in [-0.3, -0.25) is 0 Å². The predicted octanol–water partition coefficient (Wildman–Crippen LogP) is 3.65. The Kier molecular flexibility index (Phi) is 2.69. The number of H-pyrrole nitrogens is 1. The van der Waals surface area contributed by atoms with Crippen molar-refractivity contribution in [2.24, 2.45) is 0 Å². The Morgan fingerprint density at radius 1 is 1.31 bits per heavy atom. The van der Waals surface area contributed by atoms with Crippen molar-refractivity contribution in [2.45, 2.75) is 19.8 Å². The maximum absolute atomic E-state index is 13.8. The molecule has 0 saturated heterocycles. The second kappa shape index (κ2) is 4.00. The van der Waals surface area contributed by atoms with Crippen molar-refractivity contribution in [1.82, 2.24) is 4.98 Å². The highest BCUT2D eigenvalue weighted by Gasteiger charge is 2.13. The Labute approximate surface area is 93.8 Å². The van der Waals surface area contributed by atoms with E-state index in [-0.39, 0.29) is 17.5 Å². The molecule has 0 atom stereocenters. The Hall–Kier alpha value is -1.77. The van der Waals surface area contributed by atoms with Crippen molar-refractivity contribution in [2.75, 3.05) is 0 Å². The van der Waals surface area contributed by atoms with Crippen LogP contribution < -0.4 is 0 Å². The van der Waals surface area contributed by atoms with Gasteiger partial charge in [-0.2, -0.15) is 0 Å². The highest BCUT2D eigenvalue weighted by Crippen LogP contribution is 2.32. The van der Waals surface area contributed by atoms with Crippen LogP contribution >= 0.6 is 0 Å². The van der Waals surface area contributed by atoms with E-state index in [1.54, 1.807) is 18.5 Å². The molecule has 0 fully saturated rings. The van der Waals surface area contributed by atoms with E-state index in [4.69, 9.17) is 0 Å². The molecule has 3 heteroatoms. The van der Waals surface area contributed by atoms with E-state index in [1.807, 2.05) is 13.8 Å². The fourth-order valence-electron chi connectivity index (χ4n) is 1.75. The van der Waals surface area contributed by atoms with Crippen molar-refractivity contribution in [1.29, 1.82) is 0 Å². The lowest BCUT2D eigenvalue weighted by molar-refractivity contribution is 0.462. The average Bonchev–Trinajstić information content (AvgIpc) is 2.73. The van der Waals surface area contributed by atoms with Crippen molar-refractivity contribution < 1.29 is 9.50 Å². The molecule has 16 heavy (non-hydrogen) atoms. The molecule has 0 aliphatic carbocycles. The van der Waals surface area contributed by atoms with Gasteiger partial charge in [0.15, 0.2) is 0 Å². The summed E-state index contributed by atoms with van der Waals surface area (Å²) < 4.78 is 13.8. The standard InChI is InChI=1S/C13H14FNO/c1-8(2)10-5-12(14)11(6-13(10)16)9-3-4-15-7-9/h3-8,15-16H,1-2H3. The monoisotopic (exact) mass is 219 g/mol. The van der Waals surface area contributed by atoms with Crippen LogP contribution in [0.25, 0.3) is 11.1 Å². The molecule has 0 radical (unpaired) electrons. The molecule has 0 bridgehead atoms. The SMILES string of the molecule is CC(C)c1cc(F)c(-c2cc[nH]c2)cc1O. The lowest BCUT2D eigenvalue weighted by Crippen LogP contribution is -1.92. The topological polar surface area (TPSA) is 36.0 Å². The summed E-state index contributed by atoms with van der Waals surface area (Å²) in [5.41, 5.74) is 1.79. The first kappa shape index (κ1) is 10.7. The van der Waals surface area contributed by atoms with Gasteiger partial charge < -0.3 is 10.1 Å². The van der Waals surface area contributed by atoms with Crippen LogP contribution in [0.15, 0.2) is 30.6 Å². The van der Waals surface area contributed by atoms with Gasteiger partial charge in [0.25, 0.3) is 0 Å². The Morgan fingerprint density at radius 3 is 2.62 bits per heavy atom. The first-order valence-corrected chi connectivity index (χ1v) is 5.25. The van der Waals surface area contributed by atoms with Crippen molar-refractivity contribution in [3.05, 3.63) is 42.0 Å². The summed E-state index contributed by atoms with van der Waals surface area (Å²) in [6.45, 7) is 3.84. The summed E-state index contributed by atoms with van der Waals surface area (Å²) in [4.78, 5) is 2.86. The molecule has 2 rings (SSSR count). The van der Waals surface area contributed by atoms with Gasteiger partial charge >= 0.3 is 0 Å². The lowest BCUT2D eigenvalue weighted by Gasteiger charge is -2.10. The molecular formula is C13H14FNO. The number of hydrogen-bond acceptors (Lipinski definition) is 1. The molecule has 0 amide bonds. The quantitative estimate of drug-likeness (QED) is 0.794. The zero-order chi connectivity index (χ0) is 11.7. The number of phenolic OH excluding ortho intramolecular Hbond substituents is 1. The normalized spacial score (nSPS) is 11.0. The van der Waals surface area contributed by atoms with Gasteiger partial charge in [-0.05, 0) is 29.7 Å². The van der Waals surface area contributed by atoms with E-state index in [0.717, 1.165) is 5.56 Å². The van der Waals surface area contributed by atoms with Crippen LogP contribution in [0, 0.1) is 5.82 Å². The molecule has 0 saturated carbocycles. The van der Waals surface area contributed by atoms with E-state index in [2.05, 4.69) is 4.98 Å². The minimum atomic E-state index is -0.305. The number of aromatic hydroxyl groups is 1. The smallest absolute Gasteiger partial charge is 0.131 e. The number of nitrogens with one attached hydrogen (secondary N) is 1. The third-order valence-electron chi connectivity index (χ3n) is 2.65. The maximum Gasteiger partial charge on any atom is 0.131 e. The van der Waals surface area contributed by atoms with Crippen LogP contribution in [0.1, 0.15) is 25.3 Å². The van der Waals surface area contributed by atoms with Gasteiger partial charge in [-0.15, -0.1) is 0 Å². The first-order valence-electron chi connectivity index (χ1n) is 5.25. The van der Waals surface area contributed by atoms with Crippen molar-refractivity contribution in [3.8, 4) is 16.9 Å². The van der Waals surface area contributed by atoms with Crippen LogP contribution in [0.4, 0.5) is 4.39 Å². The fraction of sp³-hybridized carbons (Fsp3) is 0.231. The highest BCUT2D eigenvalue weighted by molar-refractivity contribution is 5.66. The number of phenols is 1. The molecule has 0 spiro atoms. The molecule has 1 heterocycles. The van der Waals surface area contributed by atoms with E-state index in [0.29, 0.717) is 11.1 Å². The average molecular weight is 219 g/mol. The van der Waals surface area contributed by atoms with E-state index >= 15 is 0 Å². The summed E-state index contributed by atoms with van der Waals surface area (Å²) in [7, 11) is 0. The fourth-order valence-corrected chi connectivity index (χ4v) is 1.75. The summed E-state index contributed by atoms with van der Waals surface area (Å²) in [5.74, 6) is -0.0523. The van der Waals surface area contributed by atoms with Gasteiger partial charge in [-0.1, -0.05) is 13.8 Å². The minimum Gasteiger partial charge on any atom is -0.508 e. The number of hydrogen-bond donors (Lipinski definition) is 2. The molecule has 0 unspecified atom stereocenters. The number of rotatable bonds is 2. The zero-order valence-electron chi connectivity index (χ0n) is 9.29. The number of aromatic amines is 1. The van der Waals surface area contributed by atoms with Crippen LogP contribution in [-0.4, -0.2) is 10.1 Å². The summed E-state index contributed by atoms with van der Waals surface area (Å²) in [5, 5.41) is 9.81. The first-order chi connectivity index (χ1) is 7.59. The van der Waals surface area contributed by atoms with E-state index in [1.165, 1.54) is 12.1 Å². The van der Waals surface area contributed by atoms with Crippen molar-refractivity contribution >= 4 is 0 Å². The van der Waals surface area contributed by atoms with Gasteiger partial charge in [0.2, 0.25) is 0 Å². The van der Waals surface area contributed by atoms with Crippen LogP contribution in [0.3, 0.4) is 0 Å². The summed E-state index contributed by atoms with van der Waals surface area (Å²) in [6, 6.07) is 4.66. The molecule has 2 nitrogen and oxygen atoms in total. The number of benzene rings is 1. The number of aromatic nitrogens is 1. The molecular weight excluding hydrogens is 205 g/mol. The Balaban J connectivity index is 2.54.